The summed E-state index contributed by atoms with van der Waals surface area (Å²) in [6.45, 7) is 0.220. The summed E-state index contributed by atoms with van der Waals surface area (Å²) in [5, 5.41) is 22.1. The third-order valence-corrected chi connectivity index (χ3v) is 3.43. The molecule has 1 atom stereocenters. The molecule has 0 fully saturated rings. The molecular weight excluding hydrogens is 290 g/mol. The van der Waals surface area contributed by atoms with Crippen LogP contribution in [0.3, 0.4) is 0 Å². The van der Waals surface area contributed by atoms with Crippen LogP contribution >= 0.6 is 11.6 Å². The molecule has 0 saturated carbocycles. The SMILES string of the molecule is O=C(NCc1cccc(CO)c1)[C@@H](O)c1ccccc1Cl. The van der Waals surface area contributed by atoms with Gasteiger partial charge in [-0.3, -0.25) is 4.79 Å². The van der Waals surface area contributed by atoms with E-state index < -0.39 is 12.0 Å². The topological polar surface area (TPSA) is 69.6 Å². The standard InChI is InChI=1S/C16H16ClNO3/c17-14-7-2-1-6-13(14)15(20)16(21)18-9-11-4-3-5-12(8-11)10-19/h1-8,15,19-20H,9-10H2,(H,18,21)/t15-/m0/s1. The van der Waals surface area contributed by atoms with E-state index in [0.717, 1.165) is 11.1 Å². The second kappa shape index (κ2) is 7.22. The van der Waals surface area contributed by atoms with Crippen LogP contribution in [0.1, 0.15) is 22.8 Å². The smallest absolute Gasteiger partial charge is 0.253 e. The molecule has 5 heteroatoms. The number of nitrogens with one attached hydrogen (secondary N) is 1. The van der Waals surface area contributed by atoms with Crippen LogP contribution < -0.4 is 5.32 Å². The summed E-state index contributed by atoms with van der Waals surface area (Å²) >= 11 is 5.95. The number of benzene rings is 2. The van der Waals surface area contributed by atoms with Crippen molar-refractivity contribution in [2.75, 3.05) is 0 Å². The van der Waals surface area contributed by atoms with Crippen molar-refractivity contribution >= 4 is 17.5 Å². The van der Waals surface area contributed by atoms with Gasteiger partial charge < -0.3 is 15.5 Å². The summed E-state index contributed by atoms with van der Waals surface area (Å²) in [5.74, 6) is -0.516. The van der Waals surface area contributed by atoms with Gasteiger partial charge in [-0.05, 0) is 17.2 Å². The Morgan fingerprint density at radius 3 is 2.57 bits per heavy atom. The van der Waals surface area contributed by atoms with E-state index in [1.165, 1.54) is 0 Å². The number of hydrogen-bond donors (Lipinski definition) is 3. The highest BCUT2D eigenvalue weighted by Crippen LogP contribution is 2.22. The van der Waals surface area contributed by atoms with Crippen LogP contribution in [-0.2, 0) is 17.9 Å². The fraction of sp³-hybridized carbons (Fsp3) is 0.188. The van der Waals surface area contributed by atoms with Gasteiger partial charge in [-0.15, -0.1) is 0 Å². The number of carbonyl (C=O) groups is 1. The second-order valence-corrected chi connectivity index (χ2v) is 5.03. The fourth-order valence-electron chi connectivity index (χ4n) is 1.96. The van der Waals surface area contributed by atoms with Gasteiger partial charge in [-0.1, -0.05) is 54.1 Å². The monoisotopic (exact) mass is 305 g/mol. The van der Waals surface area contributed by atoms with Crippen LogP contribution in [0.4, 0.5) is 0 Å². The molecule has 0 aromatic heterocycles. The van der Waals surface area contributed by atoms with E-state index in [2.05, 4.69) is 5.32 Å². The van der Waals surface area contributed by atoms with Crippen molar-refractivity contribution in [2.45, 2.75) is 19.3 Å². The van der Waals surface area contributed by atoms with Gasteiger partial charge in [0.1, 0.15) is 0 Å². The molecule has 4 nitrogen and oxygen atoms in total. The molecule has 21 heavy (non-hydrogen) atoms. The summed E-state index contributed by atoms with van der Waals surface area (Å²) in [5.41, 5.74) is 2.00. The van der Waals surface area contributed by atoms with E-state index in [4.69, 9.17) is 16.7 Å². The molecule has 0 aliphatic carbocycles. The van der Waals surface area contributed by atoms with Gasteiger partial charge in [0.15, 0.2) is 6.10 Å². The lowest BCUT2D eigenvalue weighted by Crippen LogP contribution is -2.29. The Labute approximate surface area is 128 Å². The molecule has 3 N–H and O–H groups in total. The predicted molar refractivity (Wildman–Crippen MR) is 80.6 cm³/mol. The molecule has 2 rings (SSSR count). The molecule has 2 aromatic carbocycles. The fourth-order valence-corrected chi connectivity index (χ4v) is 2.20. The van der Waals surface area contributed by atoms with E-state index in [1.54, 1.807) is 42.5 Å². The van der Waals surface area contributed by atoms with Gasteiger partial charge in [-0.2, -0.15) is 0 Å². The lowest BCUT2D eigenvalue weighted by Gasteiger charge is -2.13. The average molecular weight is 306 g/mol. The van der Waals surface area contributed by atoms with E-state index in [-0.39, 0.29) is 13.2 Å². The zero-order valence-electron chi connectivity index (χ0n) is 11.3. The Balaban J connectivity index is 2.00. The quantitative estimate of drug-likeness (QED) is 0.793. The van der Waals surface area contributed by atoms with Gasteiger partial charge in [0.05, 0.1) is 6.61 Å². The summed E-state index contributed by atoms with van der Waals surface area (Å²) in [4.78, 5) is 12.0. The van der Waals surface area contributed by atoms with Crippen LogP contribution in [0.2, 0.25) is 5.02 Å². The maximum absolute atomic E-state index is 12.0. The Bertz CT molecular complexity index is 630. The number of hydrogen-bond acceptors (Lipinski definition) is 3. The number of aliphatic hydroxyl groups is 2. The lowest BCUT2D eigenvalue weighted by atomic mass is 10.1. The molecule has 0 aliphatic rings. The third kappa shape index (κ3) is 4.04. The minimum atomic E-state index is -1.31. The molecule has 0 radical (unpaired) electrons. The Hall–Kier alpha value is -1.88. The molecule has 0 saturated heterocycles. The number of rotatable bonds is 5. The van der Waals surface area contributed by atoms with Crippen molar-refractivity contribution in [3.8, 4) is 0 Å². The van der Waals surface area contributed by atoms with Crippen LogP contribution in [0, 0.1) is 0 Å². The minimum absolute atomic E-state index is 0.0516. The number of carbonyl (C=O) groups excluding carboxylic acids is 1. The first-order valence-corrected chi connectivity index (χ1v) is 6.88. The Morgan fingerprint density at radius 1 is 1.14 bits per heavy atom. The first kappa shape index (κ1) is 15.5. The maximum Gasteiger partial charge on any atom is 0.253 e. The van der Waals surface area contributed by atoms with Crippen molar-refractivity contribution in [1.29, 1.82) is 0 Å². The lowest BCUT2D eigenvalue weighted by molar-refractivity contribution is -0.129. The van der Waals surface area contributed by atoms with Crippen molar-refractivity contribution in [1.82, 2.24) is 5.32 Å². The largest absolute Gasteiger partial charge is 0.392 e. The highest BCUT2D eigenvalue weighted by Gasteiger charge is 2.19. The highest BCUT2D eigenvalue weighted by molar-refractivity contribution is 6.31. The van der Waals surface area contributed by atoms with Gasteiger partial charge in [0.2, 0.25) is 0 Å². The summed E-state index contributed by atoms with van der Waals surface area (Å²) < 4.78 is 0. The molecule has 0 bridgehead atoms. The van der Waals surface area contributed by atoms with Gasteiger partial charge in [0, 0.05) is 17.1 Å². The van der Waals surface area contributed by atoms with Gasteiger partial charge in [0.25, 0.3) is 5.91 Å². The number of halogens is 1. The molecule has 0 unspecified atom stereocenters. The average Bonchev–Trinajstić information content (AvgIpc) is 2.52. The molecule has 0 spiro atoms. The van der Waals surface area contributed by atoms with Gasteiger partial charge in [-0.25, -0.2) is 0 Å². The molecular formula is C16H16ClNO3. The Morgan fingerprint density at radius 2 is 1.86 bits per heavy atom. The molecule has 1 amide bonds. The summed E-state index contributed by atoms with van der Waals surface area (Å²) in [7, 11) is 0. The maximum atomic E-state index is 12.0. The van der Waals surface area contributed by atoms with Crippen LogP contribution in [0.15, 0.2) is 48.5 Å². The minimum Gasteiger partial charge on any atom is -0.392 e. The summed E-state index contributed by atoms with van der Waals surface area (Å²) in [6, 6.07) is 13.9. The molecule has 110 valence electrons. The zero-order valence-corrected chi connectivity index (χ0v) is 12.0. The Kier molecular flexibility index (Phi) is 5.33. The second-order valence-electron chi connectivity index (χ2n) is 4.62. The molecule has 2 aromatic rings. The summed E-state index contributed by atoms with van der Waals surface area (Å²) in [6.07, 6.45) is -1.31. The molecule has 0 heterocycles. The van der Waals surface area contributed by atoms with Crippen molar-refractivity contribution in [3.05, 3.63) is 70.2 Å². The zero-order chi connectivity index (χ0) is 15.2. The van der Waals surface area contributed by atoms with E-state index >= 15 is 0 Å². The first-order valence-electron chi connectivity index (χ1n) is 6.50. The van der Waals surface area contributed by atoms with Crippen LogP contribution in [0.5, 0.6) is 0 Å². The third-order valence-electron chi connectivity index (χ3n) is 3.09. The van der Waals surface area contributed by atoms with Gasteiger partial charge >= 0.3 is 0 Å². The van der Waals surface area contributed by atoms with Crippen molar-refractivity contribution in [2.24, 2.45) is 0 Å². The van der Waals surface area contributed by atoms with Crippen molar-refractivity contribution in [3.63, 3.8) is 0 Å². The molecule has 0 aliphatic heterocycles. The highest BCUT2D eigenvalue weighted by atomic mass is 35.5. The number of aliphatic hydroxyl groups excluding tert-OH is 2. The van der Waals surface area contributed by atoms with Crippen LogP contribution in [0.25, 0.3) is 0 Å². The van der Waals surface area contributed by atoms with E-state index in [9.17, 15) is 9.90 Å². The van der Waals surface area contributed by atoms with E-state index in [1.807, 2.05) is 6.07 Å². The first-order chi connectivity index (χ1) is 10.1. The van der Waals surface area contributed by atoms with E-state index in [0.29, 0.717) is 10.6 Å². The van der Waals surface area contributed by atoms with Crippen LogP contribution in [-0.4, -0.2) is 16.1 Å². The van der Waals surface area contributed by atoms with Crippen molar-refractivity contribution < 1.29 is 15.0 Å². The predicted octanol–water partition coefficient (Wildman–Crippen LogP) is 2.18. The normalized spacial score (nSPS) is 12.0. The number of amides is 1.